The molecule has 0 aliphatic carbocycles. The van der Waals surface area contributed by atoms with Crippen molar-refractivity contribution in [3.8, 4) is 5.75 Å². The van der Waals surface area contributed by atoms with Crippen LogP contribution in [0.3, 0.4) is 0 Å². The summed E-state index contributed by atoms with van der Waals surface area (Å²) in [4.78, 5) is 0. The van der Waals surface area contributed by atoms with Gasteiger partial charge < -0.3 is 4.74 Å². The first-order chi connectivity index (χ1) is 3.93. The number of ether oxygens (including phenoxy) is 1. The van der Waals surface area contributed by atoms with Gasteiger partial charge in [0.25, 0.3) is 0 Å². The molecular weight excluding hydrogens is 297 g/mol. The fourth-order valence-electron chi connectivity index (χ4n) is 0.557. The molecule has 0 aliphatic heterocycles. The van der Waals surface area contributed by atoms with E-state index >= 15 is 0 Å². The van der Waals surface area contributed by atoms with Crippen molar-refractivity contribution in [1.82, 2.24) is 0 Å². The van der Waals surface area contributed by atoms with Gasteiger partial charge in [-0.2, -0.15) is 0 Å². The Kier molecular flexibility index (Phi) is 4.50. The molecule has 1 aromatic carbocycles. The summed E-state index contributed by atoms with van der Waals surface area (Å²) in [6.07, 6.45) is 0. The second kappa shape index (κ2) is 4.62. The monoisotopic (exact) mass is 305 g/mol. The molecule has 0 aliphatic rings. The van der Waals surface area contributed by atoms with Gasteiger partial charge in [0.15, 0.2) is 0 Å². The van der Waals surface area contributed by atoms with Crippen molar-refractivity contribution in [3.63, 3.8) is 0 Å². The Morgan fingerprint density at radius 1 is 1.11 bits per heavy atom. The van der Waals surface area contributed by atoms with E-state index < -0.39 is 0 Å². The Morgan fingerprint density at radius 3 is 2.00 bits per heavy atom. The zero-order valence-corrected chi connectivity index (χ0v) is 7.26. The molecule has 9 heavy (non-hydrogen) atoms. The van der Waals surface area contributed by atoms with Gasteiger partial charge in [-0.25, -0.2) is 0 Å². The standard InChI is InChI=1S/C7H8O.Au/c1-8-7-5-3-2-4-6-7;/h2-6H,1H3;. The maximum atomic E-state index is 4.91. The normalized spacial score (nSPS) is 7.67. The second-order valence-corrected chi connectivity index (χ2v) is 1.52. The minimum Gasteiger partial charge on any atom is -0.497 e. The van der Waals surface area contributed by atoms with Crippen molar-refractivity contribution in [2.45, 2.75) is 0 Å². The molecule has 0 saturated carbocycles. The van der Waals surface area contributed by atoms with Gasteiger partial charge in [0.1, 0.15) is 5.75 Å². The van der Waals surface area contributed by atoms with E-state index in [-0.39, 0.29) is 22.4 Å². The molecule has 0 spiro atoms. The number of benzene rings is 1. The average molecular weight is 305 g/mol. The fourth-order valence-corrected chi connectivity index (χ4v) is 0.557. The molecule has 0 unspecified atom stereocenters. The Morgan fingerprint density at radius 2 is 1.67 bits per heavy atom. The van der Waals surface area contributed by atoms with Gasteiger partial charge in [0.2, 0.25) is 0 Å². The van der Waals surface area contributed by atoms with Crippen LogP contribution >= 0.6 is 0 Å². The van der Waals surface area contributed by atoms with Crippen LogP contribution in [0.4, 0.5) is 0 Å². The summed E-state index contributed by atoms with van der Waals surface area (Å²) in [6.45, 7) is 0. The summed E-state index contributed by atoms with van der Waals surface area (Å²) in [5, 5.41) is 0. The molecule has 1 radical (unpaired) electrons. The Balaban J connectivity index is 0.000000640. The van der Waals surface area contributed by atoms with Gasteiger partial charge in [-0.1, -0.05) is 18.2 Å². The third kappa shape index (κ3) is 2.70. The summed E-state index contributed by atoms with van der Waals surface area (Å²) < 4.78 is 4.91. The van der Waals surface area contributed by atoms with E-state index in [1.165, 1.54) is 0 Å². The van der Waals surface area contributed by atoms with Crippen LogP contribution in [0.25, 0.3) is 0 Å². The first-order valence-electron chi connectivity index (χ1n) is 2.52. The number of para-hydroxylation sites is 1. The van der Waals surface area contributed by atoms with Crippen molar-refractivity contribution in [2.75, 3.05) is 7.11 Å². The van der Waals surface area contributed by atoms with Gasteiger partial charge in [-0.3, -0.25) is 0 Å². The van der Waals surface area contributed by atoms with Crippen LogP contribution in [0.1, 0.15) is 0 Å². The van der Waals surface area contributed by atoms with Crippen LogP contribution in [0, 0.1) is 0 Å². The SMILES string of the molecule is COc1ccccc1.[Au]. The predicted octanol–water partition coefficient (Wildman–Crippen LogP) is 1.69. The molecule has 2 heteroatoms. The zero-order valence-electron chi connectivity index (χ0n) is 5.10. The van der Waals surface area contributed by atoms with Crippen molar-refractivity contribution in [1.29, 1.82) is 0 Å². The third-order valence-corrected chi connectivity index (χ3v) is 0.979. The minimum absolute atomic E-state index is 0. The summed E-state index contributed by atoms with van der Waals surface area (Å²) in [5.41, 5.74) is 0. The van der Waals surface area contributed by atoms with Gasteiger partial charge in [0.05, 0.1) is 7.11 Å². The molecule has 1 aromatic rings. The van der Waals surface area contributed by atoms with Crippen molar-refractivity contribution in [3.05, 3.63) is 30.3 Å². The molecule has 0 atom stereocenters. The molecule has 0 bridgehead atoms. The first kappa shape index (κ1) is 8.76. The van der Waals surface area contributed by atoms with E-state index in [2.05, 4.69) is 0 Å². The van der Waals surface area contributed by atoms with Crippen LogP contribution in [0.5, 0.6) is 5.75 Å². The van der Waals surface area contributed by atoms with Crippen LogP contribution in [-0.4, -0.2) is 7.11 Å². The number of methoxy groups -OCH3 is 1. The summed E-state index contributed by atoms with van der Waals surface area (Å²) in [7, 11) is 1.66. The third-order valence-electron chi connectivity index (χ3n) is 0.979. The number of hydrogen-bond acceptors (Lipinski definition) is 1. The predicted molar refractivity (Wildman–Crippen MR) is 33.0 cm³/mol. The summed E-state index contributed by atoms with van der Waals surface area (Å²) >= 11 is 0. The molecule has 1 rings (SSSR count). The van der Waals surface area contributed by atoms with Crippen LogP contribution in [0.15, 0.2) is 30.3 Å². The molecule has 1 nitrogen and oxygen atoms in total. The number of hydrogen-bond donors (Lipinski definition) is 0. The van der Waals surface area contributed by atoms with E-state index in [1.54, 1.807) is 7.11 Å². The molecule has 53 valence electrons. The second-order valence-electron chi connectivity index (χ2n) is 1.52. The molecule has 0 aromatic heterocycles. The van der Waals surface area contributed by atoms with E-state index in [0.717, 1.165) is 5.75 Å². The first-order valence-corrected chi connectivity index (χ1v) is 2.52. The van der Waals surface area contributed by atoms with Crippen molar-refractivity contribution >= 4 is 0 Å². The van der Waals surface area contributed by atoms with Gasteiger partial charge in [0, 0.05) is 22.4 Å². The zero-order chi connectivity index (χ0) is 5.82. The molecule has 0 saturated heterocycles. The summed E-state index contributed by atoms with van der Waals surface area (Å²) in [6, 6.07) is 9.68. The van der Waals surface area contributed by atoms with E-state index in [9.17, 15) is 0 Å². The maximum absolute atomic E-state index is 4.91. The van der Waals surface area contributed by atoms with Crippen molar-refractivity contribution < 1.29 is 27.1 Å². The molecule has 0 fully saturated rings. The topological polar surface area (TPSA) is 9.23 Å². The average Bonchev–Trinajstić information content (AvgIpc) is 1.90. The van der Waals surface area contributed by atoms with Gasteiger partial charge >= 0.3 is 0 Å². The van der Waals surface area contributed by atoms with Crippen LogP contribution < -0.4 is 4.74 Å². The Hall–Kier alpha value is -0.240. The van der Waals surface area contributed by atoms with E-state index in [0.29, 0.717) is 0 Å². The Bertz CT molecular complexity index is 150. The number of rotatable bonds is 1. The smallest absolute Gasteiger partial charge is 0.118 e. The van der Waals surface area contributed by atoms with Crippen molar-refractivity contribution in [2.24, 2.45) is 0 Å². The van der Waals surface area contributed by atoms with Crippen LogP contribution in [0.2, 0.25) is 0 Å². The van der Waals surface area contributed by atoms with Gasteiger partial charge in [-0.05, 0) is 12.1 Å². The van der Waals surface area contributed by atoms with Gasteiger partial charge in [-0.15, -0.1) is 0 Å². The molecule has 0 heterocycles. The minimum atomic E-state index is 0. The van der Waals surface area contributed by atoms with Crippen LogP contribution in [-0.2, 0) is 22.4 Å². The molecular formula is C7H8AuO. The largest absolute Gasteiger partial charge is 0.497 e. The maximum Gasteiger partial charge on any atom is 0.118 e. The Labute approximate surface area is 70.5 Å². The fraction of sp³-hybridized carbons (Fsp3) is 0.143. The quantitative estimate of drug-likeness (QED) is 0.718. The van der Waals surface area contributed by atoms with E-state index in [4.69, 9.17) is 4.74 Å². The summed E-state index contributed by atoms with van der Waals surface area (Å²) in [5.74, 6) is 0.910. The molecule has 0 amide bonds. The van der Waals surface area contributed by atoms with E-state index in [1.807, 2.05) is 30.3 Å². The molecule has 0 N–H and O–H groups in total.